The highest BCUT2D eigenvalue weighted by Gasteiger charge is 2.35. The minimum atomic E-state index is -4.59. The van der Waals surface area contributed by atoms with E-state index in [1.54, 1.807) is 24.3 Å². The Hall–Kier alpha value is -2.27. The molecule has 1 N–H and O–H groups in total. The number of carbonyl (C=O) groups excluding carboxylic acids is 1. The van der Waals surface area contributed by atoms with E-state index < -0.39 is 11.7 Å². The molecule has 0 aliphatic heterocycles. The summed E-state index contributed by atoms with van der Waals surface area (Å²) in [5, 5.41) is 2.82. The van der Waals surface area contributed by atoms with Crippen molar-refractivity contribution in [2.75, 3.05) is 5.32 Å². The molecule has 0 saturated heterocycles. The molecule has 2 aromatic carbocycles. The van der Waals surface area contributed by atoms with E-state index in [1.165, 1.54) is 12.1 Å². The summed E-state index contributed by atoms with van der Waals surface area (Å²) in [6.07, 6.45) is 1.22. The van der Waals surface area contributed by atoms with Gasteiger partial charge in [-0.25, -0.2) is 0 Å². The molecular weight excluding hydrogens is 363 g/mol. The standard InChI is InChI=1S/C20H17ClF3NO/c21-17-9-5-4-8-15(17)14-10-11-18(16(12-14)20(22,23)24)25-19(26)13-6-2-1-3-7-13/h1-2,4-5,8-13H,3,6-7H2,(H,25,26). The second kappa shape index (κ2) is 7.54. The number of benzene rings is 2. The van der Waals surface area contributed by atoms with Crippen LogP contribution in [0.25, 0.3) is 11.1 Å². The van der Waals surface area contributed by atoms with Gasteiger partial charge >= 0.3 is 6.18 Å². The van der Waals surface area contributed by atoms with Gasteiger partial charge in [-0.3, -0.25) is 4.79 Å². The fraction of sp³-hybridized carbons (Fsp3) is 0.250. The fourth-order valence-corrected chi connectivity index (χ4v) is 3.26. The van der Waals surface area contributed by atoms with E-state index in [0.717, 1.165) is 12.5 Å². The van der Waals surface area contributed by atoms with Gasteiger partial charge in [0.25, 0.3) is 0 Å². The first kappa shape index (κ1) is 18.5. The first-order valence-corrected chi connectivity index (χ1v) is 8.66. The van der Waals surface area contributed by atoms with Crippen LogP contribution < -0.4 is 5.32 Å². The summed E-state index contributed by atoms with van der Waals surface area (Å²) in [6.45, 7) is 0. The van der Waals surface area contributed by atoms with E-state index >= 15 is 0 Å². The van der Waals surface area contributed by atoms with Crippen molar-refractivity contribution in [1.29, 1.82) is 0 Å². The summed E-state index contributed by atoms with van der Waals surface area (Å²) < 4.78 is 40.6. The molecule has 2 nitrogen and oxygen atoms in total. The van der Waals surface area contributed by atoms with Crippen LogP contribution in [0.5, 0.6) is 0 Å². The number of allylic oxidation sites excluding steroid dienone is 2. The van der Waals surface area contributed by atoms with Gasteiger partial charge in [-0.1, -0.05) is 48.0 Å². The normalized spacial score (nSPS) is 17.2. The number of carbonyl (C=O) groups is 1. The van der Waals surface area contributed by atoms with E-state index in [1.807, 2.05) is 12.2 Å². The zero-order valence-corrected chi connectivity index (χ0v) is 14.6. The van der Waals surface area contributed by atoms with E-state index in [2.05, 4.69) is 5.32 Å². The third-order valence-electron chi connectivity index (χ3n) is 4.41. The molecule has 1 unspecified atom stereocenters. The highest BCUT2D eigenvalue weighted by Crippen LogP contribution is 2.39. The van der Waals surface area contributed by atoms with Gasteiger partial charge in [-0.2, -0.15) is 13.2 Å². The topological polar surface area (TPSA) is 29.1 Å². The van der Waals surface area contributed by atoms with Crippen LogP contribution in [0, 0.1) is 5.92 Å². The van der Waals surface area contributed by atoms with Gasteiger partial charge in [0.05, 0.1) is 11.3 Å². The summed E-state index contributed by atoms with van der Waals surface area (Å²) in [6, 6.07) is 10.5. The molecule has 0 radical (unpaired) electrons. The molecule has 136 valence electrons. The zero-order valence-electron chi connectivity index (χ0n) is 13.8. The van der Waals surface area contributed by atoms with Gasteiger partial charge in [0.1, 0.15) is 0 Å². The molecule has 1 aliphatic carbocycles. The van der Waals surface area contributed by atoms with Crippen LogP contribution in [-0.4, -0.2) is 5.91 Å². The maximum atomic E-state index is 13.5. The van der Waals surface area contributed by atoms with E-state index in [9.17, 15) is 18.0 Å². The number of halogens is 4. The van der Waals surface area contributed by atoms with E-state index in [-0.39, 0.29) is 17.5 Å². The highest BCUT2D eigenvalue weighted by atomic mass is 35.5. The van der Waals surface area contributed by atoms with Gasteiger partial charge in [0, 0.05) is 16.5 Å². The molecule has 1 aliphatic rings. The lowest BCUT2D eigenvalue weighted by Gasteiger charge is -2.20. The predicted octanol–water partition coefficient (Wildman–Crippen LogP) is 6.32. The van der Waals surface area contributed by atoms with E-state index in [4.69, 9.17) is 11.6 Å². The molecule has 6 heteroatoms. The Morgan fingerprint density at radius 2 is 1.88 bits per heavy atom. The lowest BCUT2D eigenvalue weighted by Crippen LogP contribution is -2.25. The summed E-state index contributed by atoms with van der Waals surface area (Å²) in [4.78, 5) is 12.3. The number of amides is 1. The van der Waals surface area contributed by atoms with Crippen molar-refractivity contribution in [2.24, 2.45) is 5.92 Å². The number of hydrogen-bond donors (Lipinski definition) is 1. The Morgan fingerprint density at radius 1 is 1.12 bits per heavy atom. The molecule has 0 fully saturated rings. The second-order valence-electron chi connectivity index (χ2n) is 6.21. The molecular formula is C20H17ClF3NO. The first-order valence-electron chi connectivity index (χ1n) is 8.28. The van der Waals surface area contributed by atoms with Crippen molar-refractivity contribution in [3.63, 3.8) is 0 Å². The first-order chi connectivity index (χ1) is 12.4. The number of nitrogens with one attached hydrogen (secondary N) is 1. The predicted molar refractivity (Wildman–Crippen MR) is 97.0 cm³/mol. The maximum Gasteiger partial charge on any atom is 0.418 e. The number of rotatable bonds is 3. The lowest BCUT2D eigenvalue weighted by molar-refractivity contribution is -0.137. The Labute approximate surface area is 154 Å². The molecule has 3 rings (SSSR count). The summed E-state index contributed by atoms with van der Waals surface area (Å²) in [5.41, 5.74) is -0.251. The van der Waals surface area contributed by atoms with Crippen molar-refractivity contribution >= 4 is 23.2 Å². The quantitative estimate of drug-likeness (QED) is 0.621. The van der Waals surface area contributed by atoms with Gasteiger partial charge < -0.3 is 5.32 Å². The summed E-state index contributed by atoms with van der Waals surface area (Å²) in [7, 11) is 0. The molecule has 1 amide bonds. The largest absolute Gasteiger partial charge is 0.418 e. The number of alkyl halides is 3. The molecule has 0 aromatic heterocycles. The molecule has 0 spiro atoms. The van der Waals surface area contributed by atoms with Crippen LogP contribution >= 0.6 is 11.6 Å². The third kappa shape index (κ3) is 4.10. The molecule has 0 heterocycles. The monoisotopic (exact) mass is 379 g/mol. The Kier molecular flexibility index (Phi) is 5.37. The van der Waals surface area contributed by atoms with Gasteiger partial charge in [-0.05, 0) is 43.0 Å². The molecule has 2 aromatic rings. The van der Waals surface area contributed by atoms with Crippen LogP contribution in [-0.2, 0) is 11.0 Å². The average Bonchev–Trinajstić information content (AvgIpc) is 2.62. The number of hydrogen-bond acceptors (Lipinski definition) is 1. The van der Waals surface area contributed by atoms with Crippen molar-refractivity contribution in [1.82, 2.24) is 0 Å². The molecule has 26 heavy (non-hydrogen) atoms. The van der Waals surface area contributed by atoms with Crippen LogP contribution in [0.15, 0.2) is 54.6 Å². The van der Waals surface area contributed by atoms with Crippen molar-refractivity contribution < 1.29 is 18.0 Å². The van der Waals surface area contributed by atoms with Gasteiger partial charge in [-0.15, -0.1) is 0 Å². The van der Waals surface area contributed by atoms with Crippen LogP contribution in [0.1, 0.15) is 24.8 Å². The number of anilines is 1. The minimum absolute atomic E-state index is 0.229. The lowest BCUT2D eigenvalue weighted by atomic mass is 9.93. The molecule has 0 saturated carbocycles. The van der Waals surface area contributed by atoms with Crippen molar-refractivity contribution in [3.05, 3.63) is 65.2 Å². The SMILES string of the molecule is O=C(Nc1ccc(-c2ccccc2Cl)cc1C(F)(F)F)C1CC=CCC1. The highest BCUT2D eigenvalue weighted by molar-refractivity contribution is 6.33. The van der Waals surface area contributed by atoms with Gasteiger partial charge in [0.2, 0.25) is 5.91 Å². The van der Waals surface area contributed by atoms with E-state index in [0.29, 0.717) is 29.0 Å². The van der Waals surface area contributed by atoms with Crippen molar-refractivity contribution in [2.45, 2.75) is 25.4 Å². The van der Waals surface area contributed by atoms with Crippen LogP contribution in [0.2, 0.25) is 5.02 Å². The summed E-state index contributed by atoms with van der Waals surface area (Å²) >= 11 is 6.09. The van der Waals surface area contributed by atoms with Gasteiger partial charge in [0.15, 0.2) is 0 Å². The van der Waals surface area contributed by atoms with Crippen LogP contribution in [0.3, 0.4) is 0 Å². The summed E-state index contributed by atoms with van der Waals surface area (Å²) in [5.74, 6) is -0.685. The molecule has 0 bridgehead atoms. The Bertz CT molecular complexity index is 845. The average molecular weight is 380 g/mol. The third-order valence-corrected chi connectivity index (χ3v) is 4.74. The van der Waals surface area contributed by atoms with Crippen molar-refractivity contribution in [3.8, 4) is 11.1 Å². The Morgan fingerprint density at radius 3 is 2.54 bits per heavy atom. The minimum Gasteiger partial charge on any atom is -0.325 e. The second-order valence-corrected chi connectivity index (χ2v) is 6.62. The Balaban J connectivity index is 1.94. The fourth-order valence-electron chi connectivity index (χ4n) is 3.02. The van der Waals surface area contributed by atoms with Crippen LogP contribution in [0.4, 0.5) is 18.9 Å². The zero-order chi connectivity index (χ0) is 18.7. The smallest absolute Gasteiger partial charge is 0.325 e. The maximum absolute atomic E-state index is 13.5. The molecule has 1 atom stereocenters.